The highest BCUT2D eigenvalue weighted by molar-refractivity contribution is 5.96. The summed E-state index contributed by atoms with van der Waals surface area (Å²) in [4.78, 5) is 24.7. The second kappa shape index (κ2) is 10.1. The average Bonchev–Trinajstić information content (AvgIpc) is 3.28. The molecule has 1 amide bonds. The fourth-order valence-corrected chi connectivity index (χ4v) is 3.26. The molecule has 1 aromatic carbocycles. The minimum atomic E-state index is -0.935. The molecule has 0 saturated carbocycles. The molecule has 8 nitrogen and oxygen atoms in total. The maximum atomic E-state index is 12.4. The number of aromatic nitrogens is 3. The number of carbonyl (C=O) groups excluding carboxylic acids is 2. The molecule has 1 atom stereocenters. The van der Waals surface area contributed by atoms with E-state index in [-0.39, 0.29) is 5.82 Å². The van der Waals surface area contributed by atoms with Gasteiger partial charge in [-0.05, 0) is 45.8 Å². The molecule has 168 valence electrons. The minimum Gasteiger partial charge on any atom is -0.449 e. The van der Waals surface area contributed by atoms with E-state index in [0.717, 1.165) is 22.5 Å². The van der Waals surface area contributed by atoms with Crippen molar-refractivity contribution in [3.05, 3.63) is 70.2 Å². The number of hydrogen-bond acceptors (Lipinski definition) is 6. The number of anilines is 1. The van der Waals surface area contributed by atoms with Gasteiger partial charge in [-0.2, -0.15) is 5.10 Å². The zero-order chi connectivity index (χ0) is 23.3. The Hall–Kier alpha value is -3.68. The summed E-state index contributed by atoms with van der Waals surface area (Å²) >= 11 is 0. The van der Waals surface area contributed by atoms with Gasteiger partial charge in [-0.25, -0.2) is 4.79 Å². The zero-order valence-corrected chi connectivity index (χ0v) is 19.0. The number of nitrogens with one attached hydrogen (secondary N) is 1. The van der Waals surface area contributed by atoms with E-state index in [1.807, 2.05) is 18.5 Å². The molecule has 3 aromatic rings. The van der Waals surface area contributed by atoms with Crippen molar-refractivity contribution >= 4 is 23.8 Å². The molecule has 3 rings (SSSR count). The lowest BCUT2D eigenvalue weighted by molar-refractivity contribution is -0.149. The lowest BCUT2D eigenvalue weighted by Crippen LogP contribution is -2.31. The van der Waals surface area contributed by atoms with Crippen molar-refractivity contribution in [3.8, 4) is 0 Å². The summed E-state index contributed by atoms with van der Waals surface area (Å²) < 4.78 is 12.2. The van der Waals surface area contributed by atoms with Crippen molar-refractivity contribution < 1.29 is 18.8 Å². The van der Waals surface area contributed by atoms with Crippen LogP contribution in [0.25, 0.3) is 6.08 Å². The normalized spacial score (nSPS) is 12.2. The summed E-state index contributed by atoms with van der Waals surface area (Å²) in [5.74, 6) is -0.207. The molecular weight excluding hydrogens is 408 g/mol. The van der Waals surface area contributed by atoms with Crippen molar-refractivity contribution in [2.24, 2.45) is 0 Å². The standard InChI is InChI=1S/C24H28N4O4/c1-6-21(24(30)25-22-13-16(3)32-27-22)31-23(29)12-11-20-17(4)26-28(18(20)5)14-19-9-7-15(2)8-10-19/h7-13,21H,6,14H2,1-5H3,(H,25,27,30)/b12-11+. The van der Waals surface area contributed by atoms with Crippen LogP contribution in [0.4, 0.5) is 5.82 Å². The Morgan fingerprint density at radius 3 is 2.53 bits per heavy atom. The molecule has 0 bridgehead atoms. The Balaban J connectivity index is 1.64. The average molecular weight is 437 g/mol. The van der Waals surface area contributed by atoms with Gasteiger partial charge in [0.25, 0.3) is 5.91 Å². The first kappa shape index (κ1) is 23.0. The van der Waals surface area contributed by atoms with Crippen molar-refractivity contribution in [1.29, 1.82) is 0 Å². The van der Waals surface area contributed by atoms with Crippen LogP contribution in [0.1, 0.15) is 47.2 Å². The smallest absolute Gasteiger partial charge is 0.331 e. The van der Waals surface area contributed by atoms with E-state index >= 15 is 0 Å². The van der Waals surface area contributed by atoms with Gasteiger partial charge >= 0.3 is 5.97 Å². The predicted octanol–water partition coefficient (Wildman–Crippen LogP) is 4.13. The highest BCUT2D eigenvalue weighted by atomic mass is 16.5. The fourth-order valence-electron chi connectivity index (χ4n) is 3.26. The Morgan fingerprint density at radius 1 is 1.19 bits per heavy atom. The van der Waals surface area contributed by atoms with Crippen LogP contribution in [0.2, 0.25) is 0 Å². The monoisotopic (exact) mass is 436 g/mol. The number of ether oxygens (including phenoxy) is 1. The van der Waals surface area contributed by atoms with E-state index in [2.05, 4.69) is 46.8 Å². The lowest BCUT2D eigenvalue weighted by Gasteiger charge is -2.13. The van der Waals surface area contributed by atoms with Gasteiger partial charge in [0.05, 0.1) is 12.2 Å². The highest BCUT2D eigenvalue weighted by Crippen LogP contribution is 2.17. The molecule has 0 saturated heterocycles. The number of benzene rings is 1. The van der Waals surface area contributed by atoms with Gasteiger partial charge in [0.2, 0.25) is 0 Å². The molecule has 0 fully saturated rings. The molecule has 0 aliphatic carbocycles. The van der Waals surface area contributed by atoms with Crippen molar-refractivity contribution in [2.75, 3.05) is 5.32 Å². The third-order valence-electron chi connectivity index (χ3n) is 5.08. The number of carbonyl (C=O) groups is 2. The second-order valence-corrected chi connectivity index (χ2v) is 7.71. The van der Waals surface area contributed by atoms with Gasteiger partial charge in [-0.15, -0.1) is 0 Å². The van der Waals surface area contributed by atoms with Crippen molar-refractivity contribution in [2.45, 2.75) is 53.7 Å². The quantitative estimate of drug-likeness (QED) is 0.421. The van der Waals surface area contributed by atoms with E-state index in [0.29, 0.717) is 18.7 Å². The molecule has 0 aliphatic heterocycles. The van der Waals surface area contributed by atoms with Crippen LogP contribution in [-0.4, -0.2) is 32.9 Å². The molecule has 32 heavy (non-hydrogen) atoms. The largest absolute Gasteiger partial charge is 0.449 e. The summed E-state index contributed by atoms with van der Waals surface area (Å²) in [6.45, 7) is 10.0. The summed E-state index contributed by atoms with van der Waals surface area (Å²) in [7, 11) is 0. The topological polar surface area (TPSA) is 99.2 Å². The molecule has 0 radical (unpaired) electrons. The predicted molar refractivity (Wildman–Crippen MR) is 121 cm³/mol. The highest BCUT2D eigenvalue weighted by Gasteiger charge is 2.21. The molecule has 1 N–H and O–H groups in total. The Morgan fingerprint density at radius 2 is 1.91 bits per heavy atom. The summed E-state index contributed by atoms with van der Waals surface area (Å²) in [5, 5.41) is 10.9. The van der Waals surface area contributed by atoms with Gasteiger partial charge < -0.3 is 14.6 Å². The molecule has 8 heteroatoms. The third kappa shape index (κ3) is 5.72. The minimum absolute atomic E-state index is 0.282. The zero-order valence-electron chi connectivity index (χ0n) is 19.0. The molecule has 2 aromatic heterocycles. The summed E-state index contributed by atoms with van der Waals surface area (Å²) in [5.41, 5.74) is 4.96. The van der Waals surface area contributed by atoms with E-state index < -0.39 is 18.0 Å². The molecular formula is C24H28N4O4. The number of amides is 1. The third-order valence-corrected chi connectivity index (χ3v) is 5.08. The van der Waals surface area contributed by atoms with Gasteiger partial charge in [-0.3, -0.25) is 9.48 Å². The van der Waals surface area contributed by atoms with Crippen LogP contribution in [0.15, 0.2) is 40.9 Å². The molecule has 0 spiro atoms. The van der Waals surface area contributed by atoms with Gasteiger partial charge in [0.1, 0.15) is 5.76 Å². The van der Waals surface area contributed by atoms with E-state index in [9.17, 15) is 9.59 Å². The fraction of sp³-hybridized carbons (Fsp3) is 0.333. The second-order valence-electron chi connectivity index (χ2n) is 7.71. The number of nitrogens with zero attached hydrogens (tertiary/aromatic N) is 3. The van der Waals surface area contributed by atoms with Crippen LogP contribution in [0, 0.1) is 27.7 Å². The number of rotatable bonds is 8. The molecule has 1 unspecified atom stereocenters. The Kier molecular flexibility index (Phi) is 7.25. The first-order valence-corrected chi connectivity index (χ1v) is 10.5. The van der Waals surface area contributed by atoms with E-state index in [1.54, 1.807) is 26.0 Å². The van der Waals surface area contributed by atoms with Gasteiger partial charge in [0, 0.05) is 23.4 Å². The maximum absolute atomic E-state index is 12.4. The summed E-state index contributed by atoms with van der Waals surface area (Å²) in [6.07, 6.45) is 2.39. The lowest BCUT2D eigenvalue weighted by atomic mass is 10.1. The van der Waals surface area contributed by atoms with E-state index in [1.165, 1.54) is 11.6 Å². The Bertz CT molecular complexity index is 1130. The first-order valence-electron chi connectivity index (χ1n) is 10.5. The SMILES string of the molecule is CCC(OC(=O)/C=C/c1c(C)nn(Cc2ccc(C)cc2)c1C)C(=O)Nc1cc(C)on1. The van der Waals surface area contributed by atoms with Crippen LogP contribution in [0.5, 0.6) is 0 Å². The van der Waals surface area contributed by atoms with Gasteiger partial charge in [-0.1, -0.05) is 41.9 Å². The number of aryl methyl sites for hydroxylation is 3. The molecule has 2 heterocycles. The Labute approximate surface area is 187 Å². The number of hydrogen-bond donors (Lipinski definition) is 1. The summed E-state index contributed by atoms with van der Waals surface area (Å²) in [6, 6.07) is 9.89. The van der Waals surface area contributed by atoms with Crippen molar-refractivity contribution in [3.63, 3.8) is 0 Å². The first-order chi connectivity index (χ1) is 15.3. The maximum Gasteiger partial charge on any atom is 0.331 e. The van der Waals surface area contributed by atoms with Crippen LogP contribution >= 0.6 is 0 Å². The van der Waals surface area contributed by atoms with Crippen LogP contribution < -0.4 is 5.32 Å². The van der Waals surface area contributed by atoms with Crippen LogP contribution in [0.3, 0.4) is 0 Å². The van der Waals surface area contributed by atoms with Gasteiger partial charge in [0.15, 0.2) is 11.9 Å². The van der Waals surface area contributed by atoms with Crippen LogP contribution in [-0.2, 0) is 20.9 Å². The number of esters is 1. The molecule has 0 aliphatic rings. The van der Waals surface area contributed by atoms with E-state index in [4.69, 9.17) is 9.26 Å². The van der Waals surface area contributed by atoms with Crippen molar-refractivity contribution in [1.82, 2.24) is 14.9 Å².